The van der Waals surface area contributed by atoms with Crippen molar-refractivity contribution in [2.75, 3.05) is 0 Å². The van der Waals surface area contributed by atoms with Crippen LogP contribution in [-0.4, -0.2) is 12.4 Å². The average Bonchev–Trinajstić information content (AvgIpc) is 3.02. The maximum Gasteiger partial charge on any atom is 0.268 e. The molecule has 0 aliphatic rings. The van der Waals surface area contributed by atoms with Gasteiger partial charge in [0.15, 0.2) is 0 Å². The zero-order valence-electron chi connectivity index (χ0n) is 15.4. The van der Waals surface area contributed by atoms with Gasteiger partial charge in [0.05, 0.1) is 10.4 Å². The molecule has 0 spiro atoms. The quantitative estimate of drug-likeness (QED) is 0.499. The number of nitrogens with zero attached hydrogens (tertiary/aromatic N) is 1. The van der Waals surface area contributed by atoms with E-state index in [2.05, 4.69) is 24.3 Å². The fourth-order valence-electron chi connectivity index (χ4n) is 3.32. The Morgan fingerprint density at radius 1 is 0.778 bits per heavy atom. The van der Waals surface area contributed by atoms with Gasteiger partial charge in [-0.1, -0.05) is 65.7 Å². The molecule has 0 atom stereocenters. The van der Waals surface area contributed by atoms with E-state index >= 15 is 0 Å². The highest BCUT2D eigenvalue weighted by molar-refractivity contribution is 7.90. The fraction of sp³-hybridized carbons (Fsp3) is 0.130. The summed E-state index contributed by atoms with van der Waals surface area (Å²) in [5, 5.41) is 0.926. The lowest BCUT2D eigenvalue weighted by molar-refractivity contribution is 0.587. The molecule has 0 saturated carbocycles. The van der Waals surface area contributed by atoms with Crippen LogP contribution in [0.4, 0.5) is 0 Å². The molecule has 0 aliphatic heterocycles. The van der Waals surface area contributed by atoms with E-state index in [0.717, 1.165) is 22.2 Å². The molecule has 0 saturated heterocycles. The van der Waals surface area contributed by atoms with Gasteiger partial charge in [-0.25, -0.2) is 12.4 Å². The van der Waals surface area contributed by atoms with Crippen LogP contribution in [0.3, 0.4) is 0 Å². The number of fused-ring (bicyclic) bond motifs is 1. The molecular weight excluding hydrogens is 354 g/mol. The molecule has 0 unspecified atom stereocenters. The van der Waals surface area contributed by atoms with Gasteiger partial charge in [0.1, 0.15) is 0 Å². The molecule has 1 aromatic heterocycles. The van der Waals surface area contributed by atoms with Crippen molar-refractivity contribution in [2.24, 2.45) is 0 Å². The summed E-state index contributed by atoms with van der Waals surface area (Å²) >= 11 is 0. The summed E-state index contributed by atoms with van der Waals surface area (Å²) in [5.74, 6) is 0. The van der Waals surface area contributed by atoms with Gasteiger partial charge in [-0.15, -0.1) is 0 Å². The summed E-state index contributed by atoms with van der Waals surface area (Å²) < 4.78 is 28.4. The van der Waals surface area contributed by atoms with Crippen molar-refractivity contribution in [1.82, 2.24) is 3.97 Å². The molecule has 27 heavy (non-hydrogen) atoms. The lowest BCUT2D eigenvalue weighted by Gasteiger charge is -2.12. The Bertz CT molecular complexity index is 1200. The zero-order valence-corrected chi connectivity index (χ0v) is 16.2. The van der Waals surface area contributed by atoms with E-state index in [9.17, 15) is 8.42 Å². The van der Waals surface area contributed by atoms with Gasteiger partial charge in [0, 0.05) is 17.5 Å². The summed E-state index contributed by atoms with van der Waals surface area (Å²) in [6, 6.07) is 24.8. The number of aryl methyl sites for hydroxylation is 2. The second kappa shape index (κ2) is 6.71. The van der Waals surface area contributed by atoms with Crippen LogP contribution in [-0.2, 0) is 16.4 Å². The molecule has 0 bridgehead atoms. The van der Waals surface area contributed by atoms with Crippen molar-refractivity contribution < 1.29 is 8.42 Å². The van der Waals surface area contributed by atoms with Crippen LogP contribution in [0.5, 0.6) is 0 Å². The molecule has 1 heterocycles. The number of aromatic nitrogens is 1. The first-order valence-corrected chi connectivity index (χ1v) is 10.4. The van der Waals surface area contributed by atoms with Gasteiger partial charge < -0.3 is 0 Å². The average molecular weight is 375 g/mol. The lowest BCUT2D eigenvalue weighted by Crippen LogP contribution is -2.16. The van der Waals surface area contributed by atoms with Crippen molar-refractivity contribution in [3.05, 3.63) is 101 Å². The third kappa shape index (κ3) is 3.28. The molecular formula is C23H21NO2S. The Balaban J connectivity index is 1.90. The second-order valence-electron chi connectivity index (χ2n) is 6.94. The second-order valence-corrected chi connectivity index (χ2v) is 8.73. The predicted octanol–water partition coefficient (Wildman–Crippen LogP) is 5.09. The Kier molecular flexibility index (Phi) is 4.36. The van der Waals surface area contributed by atoms with Crippen molar-refractivity contribution in [3.63, 3.8) is 0 Å². The van der Waals surface area contributed by atoms with Crippen molar-refractivity contribution in [3.8, 4) is 0 Å². The fourth-order valence-corrected chi connectivity index (χ4v) is 4.87. The molecule has 4 rings (SSSR count). The molecule has 0 amide bonds. The molecule has 3 nitrogen and oxygen atoms in total. The molecule has 0 aliphatic carbocycles. The van der Waals surface area contributed by atoms with Crippen LogP contribution in [0.25, 0.3) is 10.9 Å². The number of hydrogen-bond donors (Lipinski definition) is 0. The first-order valence-electron chi connectivity index (χ1n) is 8.92. The molecule has 0 fully saturated rings. The maximum atomic E-state index is 13.4. The third-order valence-electron chi connectivity index (χ3n) is 4.80. The van der Waals surface area contributed by atoms with Crippen LogP contribution in [0.15, 0.2) is 83.8 Å². The topological polar surface area (TPSA) is 39.1 Å². The number of hydrogen-bond acceptors (Lipinski definition) is 2. The third-order valence-corrected chi connectivity index (χ3v) is 6.58. The van der Waals surface area contributed by atoms with E-state index in [4.69, 9.17) is 0 Å². The summed E-state index contributed by atoms with van der Waals surface area (Å²) in [4.78, 5) is 0.305. The highest BCUT2D eigenvalue weighted by Gasteiger charge is 2.23. The molecule has 0 radical (unpaired) electrons. The largest absolute Gasteiger partial charge is 0.268 e. The Morgan fingerprint density at radius 3 is 2.04 bits per heavy atom. The highest BCUT2D eigenvalue weighted by Crippen LogP contribution is 2.27. The van der Waals surface area contributed by atoms with Crippen molar-refractivity contribution >= 4 is 20.9 Å². The first kappa shape index (κ1) is 17.6. The zero-order chi connectivity index (χ0) is 19.0. The van der Waals surface area contributed by atoms with Gasteiger partial charge in [-0.3, -0.25) is 0 Å². The van der Waals surface area contributed by atoms with Gasteiger partial charge in [-0.05, 0) is 43.7 Å². The SMILES string of the molecule is Cc1ccc(Cc2cc3ccccc3n2S(=O)(=O)c2ccc(C)cc2)cc1. The minimum absolute atomic E-state index is 0.305. The summed E-state index contributed by atoms with van der Waals surface area (Å²) in [6.07, 6.45) is 0.556. The van der Waals surface area contributed by atoms with Gasteiger partial charge in [0.2, 0.25) is 0 Å². The summed E-state index contributed by atoms with van der Waals surface area (Å²) in [5.41, 5.74) is 4.78. The van der Waals surface area contributed by atoms with Crippen LogP contribution < -0.4 is 0 Å². The van der Waals surface area contributed by atoms with E-state index in [1.165, 1.54) is 9.54 Å². The van der Waals surface area contributed by atoms with Crippen molar-refractivity contribution in [1.29, 1.82) is 0 Å². The standard InChI is InChI=1S/C23H21NO2S/c1-17-7-11-19(12-8-17)15-21-16-20-5-3-4-6-23(20)24(21)27(25,26)22-13-9-18(2)10-14-22/h3-14,16H,15H2,1-2H3. The molecule has 0 N–H and O–H groups in total. The van der Waals surface area contributed by atoms with E-state index in [0.29, 0.717) is 16.8 Å². The predicted molar refractivity (Wildman–Crippen MR) is 110 cm³/mol. The molecule has 4 heteroatoms. The minimum Gasteiger partial charge on any atom is -0.238 e. The van der Waals surface area contributed by atoms with E-state index in [1.54, 1.807) is 12.1 Å². The highest BCUT2D eigenvalue weighted by atomic mass is 32.2. The smallest absolute Gasteiger partial charge is 0.238 e. The van der Waals surface area contributed by atoms with E-state index < -0.39 is 10.0 Å². The van der Waals surface area contributed by atoms with E-state index in [1.807, 2.05) is 56.3 Å². The Hall–Kier alpha value is -2.85. The molecule has 4 aromatic rings. The number of benzene rings is 3. The van der Waals surface area contributed by atoms with Gasteiger partial charge in [0.25, 0.3) is 10.0 Å². The first-order chi connectivity index (χ1) is 12.9. The number of rotatable bonds is 4. The van der Waals surface area contributed by atoms with Gasteiger partial charge in [-0.2, -0.15) is 0 Å². The number of para-hydroxylation sites is 1. The van der Waals surface area contributed by atoms with Crippen molar-refractivity contribution in [2.45, 2.75) is 25.2 Å². The van der Waals surface area contributed by atoms with Crippen LogP contribution in [0, 0.1) is 13.8 Å². The van der Waals surface area contributed by atoms with Crippen LogP contribution in [0.1, 0.15) is 22.4 Å². The normalized spacial score (nSPS) is 11.8. The Labute approximate surface area is 160 Å². The molecule has 3 aromatic carbocycles. The summed E-state index contributed by atoms with van der Waals surface area (Å²) in [7, 11) is -3.68. The van der Waals surface area contributed by atoms with Crippen LogP contribution >= 0.6 is 0 Å². The minimum atomic E-state index is -3.68. The molecule has 136 valence electrons. The van der Waals surface area contributed by atoms with E-state index in [-0.39, 0.29) is 0 Å². The maximum absolute atomic E-state index is 13.4. The lowest BCUT2D eigenvalue weighted by atomic mass is 10.1. The van der Waals surface area contributed by atoms with Crippen LogP contribution in [0.2, 0.25) is 0 Å². The Morgan fingerprint density at radius 2 is 1.37 bits per heavy atom. The summed E-state index contributed by atoms with van der Waals surface area (Å²) in [6.45, 7) is 3.99. The van der Waals surface area contributed by atoms with Gasteiger partial charge >= 0.3 is 0 Å². The monoisotopic (exact) mass is 375 g/mol.